The van der Waals surface area contributed by atoms with Crippen molar-refractivity contribution in [2.75, 3.05) is 7.11 Å². The molecule has 0 heterocycles. The Hall–Kier alpha value is -1.33. The van der Waals surface area contributed by atoms with Gasteiger partial charge < -0.3 is 15.6 Å². The maximum absolute atomic E-state index is 13.3. The molecule has 0 unspecified atom stereocenters. The average molecular weight is 264 g/mol. The highest BCUT2D eigenvalue weighted by Crippen LogP contribution is 2.29. The second-order valence-electron chi connectivity index (χ2n) is 3.52. The maximum atomic E-state index is 13.3. The molecule has 0 aliphatic rings. The normalized spacial score (nSPS) is 11.5. The molecule has 1 aromatic rings. The molecular weight excluding hydrogens is 249 g/mol. The van der Waals surface area contributed by atoms with Gasteiger partial charge in [0.25, 0.3) is 0 Å². The number of rotatable bonds is 3. The minimum absolute atomic E-state index is 0. The van der Waals surface area contributed by atoms with E-state index in [1.54, 1.807) is 0 Å². The number of halogens is 2. The van der Waals surface area contributed by atoms with Crippen molar-refractivity contribution >= 4 is 18.4 Å². The number of ether oxygens (including phenoxy) is 1. The Labute approximate surface area is 105 Å². The maximum Gasteiger partial charge on any atom is 0.307 e. The van der Waals surface area contributed by atoms with Crippen LogP contribution in [0, 0.1) is 12.7 Å². The zero-order valence-corrected chi connectivity index (χ0v) is 10.4. The number of carbonyl (C=O) groups is 1. The lowest BCUT2D eigenvalue weighted by atomic mass is 10.0. The van der Waals surface area contributed by atoms with Gasteiger partial charge in [-0.1, -0.05) is 12.1 Å². The lowest BCUT2D eigenvalue weighted by Gasteiger charge is -2.13. The number of aromatic hydroxyl groups is 1. The van der Waals surface area contributed by atoms with Crippen LogP contribution in [0.4, 0.5) is 4.39 Å². The largest absolute Gasteiger partial charge is 0.505 e. The number of hydrogen-bond acceptors (Lipinski definition) is 4. The number of benzene rings is 1. The first-order valence-corrected chi connectivity index (χ1v) is 4.77. The lowest BCUT2D eigenvalue weighted by Crippen LogP contribution is -2.16. The molecule has 6 heteroatoms. The van der Waals surface area contributed by atoms with E-state index in [0.717, 1.165) is 0 Å². The number of phenolic OH excluding ortho intramolecular Hbond substituents is 1. The van der Waals surface area contributed by atoms with E-state index < -0.39 is 23.6 Å². The van der Waals surface area contributed by atoms with Crippen LogP contribution in [-0.4, -0.2) is 18.2 Å². The summed E-state index contributed by atoms with van der Waals surface area (Å²) in [5, 5.41) is 9.53. The van der Waals surface area contributed by atoms with E-state index in [2.05, 4.69) is 4.74 Å². The topological polar surface area (TPSA) is 72.5 Å². The number of esters is 1. The third-order valence-corrected chi connectivity index (χ3v) is 2.35. The molecule has 0 aliphatic carbocycles. The lowest BCUT2D eigenvalue weighted by molar-refractivity contribution is -0.141. The van der Waals surface area contributed by atoms with Crippen LogP contribution in [0.25, 0.3) is 0 Å². The van der Waals surface area contributed by atoms with Crippen molar-refractivity contribution in [1.82, 2.24) is 0 Å². The van der Waals surface area contributed by atoms with Crippen molar-refractivity contribution < 1.29 is 19.0 Å². The van der Waals surface area contributed by atoms with Crippen LogP contribution >= 0.6 is 12.4 Å². The minimum Gasteiger partial charge on any atom is -0.505 e. The summed E-state index contributed by atoms with van der Waals surface area (Å²) in [7, 11) is 1.24. The summed E-state index contributed by atoms with van der Waals surface area (Å²) in [4.78, 5) is 11.0. The van der Waals surface area contributed by atoms with Gasteiger partial charge in [-0.05, 0) is 12.5 Å². The molecule has 17 heavy (non-hydrogen) atoms. The first kappa shape index (κ1) is 15.7. The molecule has 1 aromatic carbocycles. The van der Waals surface area contributed by atoms with Crippen LogP contribution in [0.2, 0.25) is 0 Å². The van der Waals surface area contributed by atoms with Gasteiger partial charge in [0.05, 0.1) is 13.5 Å². The smallest absolute Gasteiger partial charge is 0.307 e. The van der Waals surface area contributed by atoms with Crippen LogP contribution in [0.5, 0.6) is 5.75 Å². The molecule has 0 fully saturated rings. The summed E-state index contributed by atoms with van der Waals surface area (Å²) in [6.45, 7) is 1.53. The van der Waals surface area contributed by atoms with Crippen molar-refractivity contribution in [1.29, 1.82) is 0 Å². The molecule has 0 spiro atoms. The molecule has 0 bridgehead atoms. The fourth-order valence-corrected chi connectivity index (χ4v) is 1.35. The molecule has 0 radical (unpaired) electrons. The van der Waals surface area contributed by atoms with Crippen molar-refractivity contribution in [3.05, 3.63) is 29.1 Å². The number of phenols is 1. The molecule has 3 N–H and O–H groups in total. The fourth-order valence-electron chi connectivity index (χ4n) is 1.35. The number of hydrogen-bond donors (Lipinski definition) is 2. The number of nitrogens with two attached hydrogens (primary N) is 1. The van der Waals surface area contributed by atoms with Crippen LogP contribution in [0.3, 0.4) is 0 Å². The Balaban J connectivity index is 0.00000256. The molecular formula is C11H15ClFNO3. The van der Waals surface area contributed by atoms with Gasteiger partial charge in [-0.15, -0.1) is 12.4 Å². The van der Waals surface area contributed by atoms with Gasteiger partial charge in [0.2, 0.25) is 0 Å². The summed E-state index contributed by atoms with van der Waals surface area (Å²) >= 11 is 0. The van der Waals surface area contributed by atoms with Crippen molar-refractivity contribution in [3.8, 4) is 5.75 Å². The first-order chi connectivity index (χ1) is 7.47. The zero-order chi connectivity index (χ0) is 12.3. The fraction of sp³-hybridized carbons (Fsp3) is 0.364. The molecule has 4 nitrogen and oxygen atoms in total. The predicted molar refractivity (Wildman–Crippen MR) is 63.6 cm³/mol. The van der Waals surface area contributed by atoms with Gasteiger partial charge in [0, 0.05) is 11.6 Å². The quantitative estimate of drug-likeness (QED) is 0.816. The van der Waals surface area contributed by atoms with Gasteiger partial charge in [-0.25, -0.2) is 4.39 Å². The Morgan fingerprint density at radius 1 is 1.59 bits per heavy atom. The molecule has 0 amide bonds. The zero-order valence-electron chi connectivity index (χ0n) is 9.57. The molecule has 0 aliphatic heterocycles. The van der Waals surface area contributed by atoms with Crippen molar-refractivity contribution in [3.63, 3.8) is 0 Å². The predicted octanol–water partition coefficient (Wildman–Crippen LogP) is 1.82. The van der Waals surface area contributed by atoms with Gasteiger partial charge in [-0.3, -0.25) is 4.79 Å². The first-order valence-electron chi connectivity index (χ1n) is 4.77. The highest BCUT2D eigenvalue weighted by molar-refractivity contribution is 5.85. The Morgan fingerprint density at radius 3 is 2.71 bits per heavy atom. The van der Waals surface area contributed by atoms with Gasteiger partial charge >= 0.3 is 5.97 Å². The van der Waals surface area contributed by atoms with Crippen LogP contribution in [0.1, 0.15) is 23.6 Å². The molecule has 96 valence electrons. The van der Waals surface area contributed by atoms with E-state index in [1.165, 1.54) is 26.2 Å². The number of carbonyl (C=O) groups excluding carboxylic acids is 1. The van der Waals surface area contributed by atoms with Gasteiger partial charge in [0.15, 0.2) is 11.6 Å². The van der Waals surface area contributed by atoms with E-state index in [1.807, 2.05) is 0 Å². The van der Waals surface area contributed by atoms with E-state index in [4.69, 9.17) is 5.73 Å². The summed E-state index contributed by atoms with van der Waals surface area (Å²) in [5.74, 6) is -1.72. The van der Waals surface area contributed by atoms with E-state index in [-0.39, 0.29) is 24.4 Å². The Bertz CT molecular complexity index is 412. The molecule has 0 aromatic heterocycles. The average Bonchev–Trinajstić information content (AvgIpc) is 2.25. The third-order valence-electron chi connectivity index (χ3n) is 2.35. The van der Waals surface area contributed by atoms with E-state index >= 15 is 0 Å². The minimum atomic E-state index is -0.775. The summed E-state index contributed by atoms with van der Waals surface area (Å²) in [6.07, 6.45) is -0.105. The van der Waals surface area contributed by atoms with Gasteiger partial charge in [-0.2, -0.15) is 0 Å². The molecule has 0 saturated heterocycles. The summed E-state index contributed by atoms with van der Waals surface area (Å²) in [5.41, 5.74) is 6.19. The van der Waals surface area contributed by atoms with Gasteiger partial charge in [0.1, 0.15) is 0 Å². The second kappa shape index (κ2) is 6.42. The monoisotopic (exact) mass is 263 g/mol. The summed E-state index contributed by atoms with van der Waals surface area (Å²) in [6, 6.07) is 2.23. The molecule has 1 atom stereocenters. The number of methoxy groups -OCH3 is 1. The van der Waals surface area contributed by atoms with Crippen LogP contribution < -0.4 is 5.73 Å². The van der Waals surface area contributed by atoms with Crippen LogP contribution in [0.15, 0.2) is 12.1 Å². The van der Waals surface area contributed by atoms with E-state index in [0.29, 0.717) is 5.56 Å². The molecule has 0 saturated carbocycles. The SMILES string of the molecule is COC(=O)C[C@@H](N)c1ccc(C)c(F)c1O.Cl. The Morgan fingerprint density at radius 2 is 2.18 bits per heavy atom. The van der Waals surface area contributed by atoms with Crippen molar-refractivity contribution in [2.45, 2.75) is 19.4 Å². The van der Waals surface area contributed by atoms with E-state index in [9.17, 15) is 14.3 Å². The third kappa shape index (κ3) is 3.57. The standard InChI is InChI=1S/C11H14FNO3.ClH/c1-6-3-4-7(11(15)10(6)12)8(13)5-9(14)16-2;/h3-4,8,15H,5,13H2,1-2H3;1H/t8-;/m1./s1. The summed E-state index contributed by atoms with van der Waals surface area (Å²) < 4.78 is 17.8. The second-order valence-corrected chi connectivity index (χ2v) is 3.52. The number of aryl methyl sites for hydroxylation is 1. The Kier molecular flexibility index (Phi) is 5.91. The van der Waals surface area contributed by atoms with Crippen molar-refractivity contribution in [2.24, 2.45) is 5.73 Å². The van der Waals surface area contributed by atoms with Crippen LogP contribution in [-0.2, 0) is 9.53 Å². The molecule has 1 rings (SSSR count). The highest BCUT2D eigenvalue weighted by atomic mass is 35.5. The highest BCUT2D eigenvalue weighted by Gasteiger charge is 2.18.